The largest absolute Gasteiger partial charge is 0.444 e. The molecule has 1 saturated carbocycles. The Morgan fingerprint density at radius 1 is 1.22 bits per heavy atom. The van der Waals surface area contributed by atoms with Crippen LogP contribution in [0.3, 0.4) is 0 Å². The van der Waals surface area contributed by atoms with E-state index in [0.717, 1.165) is 18.6 Å². The monoisotopic (exact) mass is 577 g/mol. The molecular formula is C29H38F3N5O4. The minimum atomic E-state index is -4.50. The van der Waals surface area contributed by atoms with E-state index in [-0.39, 0.29) is 30.5 Å². The third-order valence-corrected chi connectivity index (χ3v) is 8.19. The molecule has 3 amide bonds. The number of halogens is 3. The first-order chi connectivity index (χ1) is 19.0. The van der Waals surface area contributed by atoms with Gasteiger partial charge in [-0.2, -0.15) is 18.4 Å². The average molecular weight is 578 g/mol. The molecule has 1 aromatic carbocycles. The molecule has 12 heteroatoms. The van der Waals surface area contributed by atoms with Crippen molar-refractivity contribution in [2.45, 2.75) is 102 Å². The Morgan fingerprint density at radius 2 is 1.90 bits per heavy atom. The van der Waals surface area contributed by atoms with E-state index in [2.05, 4.69) is 11.4 Å². The van der Waals surface area contributed by atoms with Crippen LogP contribution >= 0.6 is 0 Å². The zero-order valence-electron chi connectivity index (χ0n) is 24.2. The number of piperidine rings is 1. The van der Waals surface area contributed by atoms with Gasteiger partial charge >= 0.3 is 12.3 Å². The summed E-state index contributed by atoms with van der Waals surface area (Å²) >= 11 is 0. The molecule has 0 bridgehead atoms. The molecule has 2 aliphatic heterocycles. The fourth-order valence-electron chi connectivity index (χ4n) is 6.12. The van der Waals surface area contributed by atoms with Crippen LogP contribution in [0.15, 0.2) is 24.3 Å². The van der Waals surface area contributed by atoms with E-state index in [1.165, 1.54) is 6.07 Å². The number of fused-ring (bicyclic) bond motifs is 1. The average Bonchev–Trinajstić information content (AvgIpc) is 3.43. The summed E-state index contributed by atoms with van der Waals surface area (Å²) in [4.78, 5) is 44.9. The molecule has 1 N–H and O–H groups in total. The second kappa shape index (κ2) is 11.2. The Labute approximate surface area is 238 Å². The molecule has 3 fully saturated rings. The smallest absolute Gasteiger partial charge is 0.416 e. The van der Waals surface area contributed by atoms with E-state index in [4.69, 9.17) is 4.74 Å². The van der Waals surface area contributed by atoms with Gasteiger partial charge in [0.05, 0.1) is 23.7 Å². The number of carbonyl (C=O) groups excluding carboxylic acids is 3. The van der Waals surface area contributed by atoms with Gasteiger partial charge in [-0.15, -0.1) is 0 Å². The molecule has 41 heavy (non-hydrogen) atoms. The number of carbonyl (C=O) groups is 3. The molecule has 2 saturated heterocycles. The molecule has 1 aliphatic carbocycles. The molecule has 0 spiro atoms. The molecular weight excluding hydrogens is 539 g/mol. The Bertz CT molecular complexity index is 1230. The van der Waals surface area contributed by atoms with Gasteiger partial charge in [-0.3, -0.25) is 14.5 Å². The Morgan fingerprint density at radius 3 is 2.51 bits per heavy atom. The van der Waals surface area contributed by atoms with E-state index in [0.29, 0.717) is 18.4 Å². The number of benzene rings is 1. The zero-order valence-corrected chi connectivity index (χ0v) is 24.2. The predicted octanol–water partition coefficient (Wildman–Crippen LogP) is 4.09. The molecule has 3 aliphatic rings. The number of alkyl halides is 3. The number of nitrogens with one attached hydrogen (secondary N) is 1. The van der Waals surface area contributed by atoms with Crippen molar-refractivity contribution in [2.24, 2.45) is 5.92 Å². The quantitative estimate of drug-likeness (QED) is 0.523. The summed E-state index contributed by atoms with van der Waals surface area (Å²) in [6.07, 6.45) is -3.47. The zero-order chi connectivity index (χ0) is 30.4. The summed E-state index contributed by atoms with van der Waals surface area (Å²) in [7, 11) is 1.68. The Hall–Kier alpha value is -3.33. The highest BCUT2D eigenvalue weighted by Crippen LogP contribution is 2.48. The lowest BCUT2D eigenvalue weighted by Crippen LogP contribution is -2.57. The minimum absolute atomic E-state index is 0.0149. The van der Waals surface area contributed by atoms with Crippen LogP contribution < -0.4 is 5.32 Å². The molecule has 224 valence electrons. The van der Waals surface area contributed by atoms with Crippen LogP contribution in [0.4, 0.5) is 18.0 Å². The number of hydrogen-bond donors (Lipinski definition) is 1. The standard InChI is InChI=1S/C29H38F3N5O4/c1-16-10-24(26(39)36(16)17(2)18-8-7-9-20(11-18)29(30,31)32)35(6)15-22(34-27(40)41-28(3,4)5)25(38)37-21(14-33)12-19-13-23(19)37/h7-9,11,16-17,19,21-24H,10,12-13,15H2,1-6H3,(H,34,40)/t16?,17?,19-,21?,22?,23+,24?/m1/s1. The van der Waals surface area contributed by atoms with Crippen LogP contribution in [0.5, 0.6) is 0 Å². The van der Waals surface area contributed by atoms with Crippen LogP contribution in [-0.4, -0.2) is 82.0 Å². The van der Waals surface area contributed by atoms with Crippen LogP contribution in [-0.2, 0) is 20.5 Å². The molecule has 5 unspecified atom stereocenters. The van der Waals surface area contributed by atoms with Crippen LogP contribution in [0, 0.1) is 17.2 Å². The Balaban J connectivity index is 1.51. The lowest BCUT2D eigenvalue weighted by Gasteiger charge is -2.33. The lowest BCUT2D eigenvalue weighted by atomic mass is 10.0. The van der Waals surface area contributed by atoms with Gasteiger partial charge in [-0.1, -0.05) is 12.1 Å². The number of hydrogen-bond acceptors (Lipinski definition) is 6. The molecule has 4 rings (SSSR count). The number of rotatable bonds is 7. The van der Waals surface area contributed by atoms with Crippen LogP contribution in [0.2, 0.25) is 0 Å². The van der Waals surface area contributed by atoms with Crippen molar-refractivity contribution in [2.75, 3.05) is 13.6 Å². The van der Waals surface area contributed by atoms with Gasteiger partial charge < -0.3 is 19.9 Å². The summed E-state index contributed by atoms with van der Waals surface area (Å²) < 4.78 is 45.3. The fourth-order valence-corrected chi connectivity index (χ4v) is 6.12. The van der Waals surface area contributed by atoms with Crippen molar-refractivity contribution in [3.63, 3.8) is 0 Å². The van der Waals surface area contributed by atoms with E-state index in [1.807, 2.05) is 6.92 Å². The summed E-state index contributed by atoms with van der Waals surface area (Å²) in [5.74, 6) is -0.384. The Kier molecular flexibility index (Phi) is 8.33. The number of ether oxygens (including phenoxy) is 1. The molecule has 2 heterocycles. The van der Waals surface area contributed by atoms with Crippen molar-refractivity contribution < 1.29 is 32.3 Å². The second-order valence-electron chi connectivity index (χ2n) is 12.5. The maximum Gasteiger partial charge on any atom is 0.416 e. The number of nitriles is 1. The van der Waals surface area contributed by atoms with E-state index in [9.17, 15) is 32.8 Å². The van der Waals surface area contributed by atoms with Gasteiger partial charge in [0, 0.05) is 18.6 Å². The number of likely N-dealkylation sites (tertiary alicyclic amines) is 2. The summed E-state index contributed by atoms with van der Waals surface area (Å²) in [6, 6.07) is 3.94. The minimum Gasteiger partial charge on any atom is -0.444 e. The highest BCUT2D eigenvalue weighted by molar-refractivity contribution is 5.88. The maximum atomic E-state index is 13.7. The number of amides is 3. The fraction of sp³-hybridized carbons (Fsp3) is 0.655. The summed E-state index contributed by atoms with van der Waals surface area (Å²) in [6.45, 7) is 8.63. The molecule has 9 nitrogen and oxygen atoms in total. The van der Waals surface area contributed by atoms with Crippen LogP contribution in [0.1, 0.15) is 71.0 Å². The first kappa shape index (κ1) is 30.6. The first-order valence-electron chi connectivity index (χ1n) is 13.9. The van der Waals surface area contributed by atoms with E-state index >= 15 is 0 Å². The van der Waals surface area contributed by atoms with Gasteiger partial charge in [-0.05, 0) is 84.5 Å². The number of alkyl carbamates (subject to hydrolysis) is 1. The van der Waals surface area contributed by atoms with Crippen LogP contribution in [0.25, 0.3) is 0 Å². The highest BCUT2D eigenvalue weighted by atomic mass is 19.4. The normalized spacial score (nSPS) is 27.3. The van der Waals surface area contributed by atoms with Crippen molar-refractivity contribution in [3.8, 4) is 6.07 Å². The topological polar surface area (TPSA) is 106 Å². The van der Waals surface area contributed by atoms with E-state index in [1.54, 1.807) is 55.5 Å². The molecule has 1 aromatic rings. The van der Waals surface area contributed by atoms with Gasteiger partial charge in [0.15, 0.2) is 0 Å². The third kappa shape index (κ3) is 6.61. The van der Waals surface area contributed by atoms with E-state index < -0.39 is 53.5 Å². The van der Waals surface area contributed by atoms with Crippen molar-refractivity contribution in [1.29, 1.82) is 5.26 Å². The van der Waals surface area contributed by atoms with Gasteiger partial charge in [0.1, 0.15) is 17.7 Å². The first-order valence-corrected chi connectivity index (χ1v) is 13.9. The van der Waals surface area contributed by atoms with Gasteiger partial charge in [-0.25, -0.2) is 4.79 Å². The summed E-state index contributed by atoms with van der Waals surface area (Å²) in [5, 5.41) is 12.3. The number of likely N-dealkylation sites (N-methyl/N-ethyl adjacent to an activating group) is 1. The SMILES string of the molecule is CC1CC(N(C)CC(NC(=O)OC(C)(C)C)C(=O)N2C(C#N)C[C@@H]3C[C@@H]32)C(=O)N1C(C)c1cccc(C(F)(F)F)c1. The van der Waals surface area contributed by atoms with Gasteiger partial charge in [0.25, 0.3) is 0 Å². The van der Waals surface area contributed by atoms with Crippen molar-refractivity contribution >= 4 is 17.9 Å². The predicted molar refractivity (Wildman–Crippen MR) is 143 cm³/mol. The third-order valence-electron chi connectivity index (χ3n) is 8.19. The molecule has 7 atom stereocenters. The second-order valence-corrected chi connectivity index (χ2v) is 12.5. The maximum absolute atomic E-state index is 13.7. The lowest BCUT2D eigenvalue weighted by molar-refractivity contribution is -0.138. The molecule has 0 aromatic heterocycles. The number of nitrogens with zero attached hydrogens (tertiary/aromatic N) is 4. The van der Waals surface area contributed by atoms with Gasteiger partial charge in [0.2, 0.25) is 11.8 Å². The molecule has 0 radical (unpaired) electrons. The highest BCUT2D eigenvalue weighted by Gasteiger charge is 2.55. The van der Waals surface area contributed by atoms with Crippen molar-refractivity contribution in [1.82, 2.24) is 20.0 Å². The van der Waals surface area contributed by atoms with Crippen molar-refractivity contribution in [3.05, 3.63) is 35.4 Å². The summed E-state index contributed by atoms with van der Waals surface area (Å²) in [5.41, 5.74) is -1.20.